The number of benzene rings is 1. The summed E-state index contributed by atoms with van der Waals surface area (Å²) in [6.45, 7) is 2.19. The maximum atomic E-state index is 11.4. The molecule has 6 heteroatoms. The smallest absolute Gasteiger partial charge is 0.311 e. The summed E-state index contributed by atoms with van der Waals surface area (Å²) in [5, 5.41) is 5.90. The molecule has 2 rings (SSSR count). The molecule has 1 heterocycles. The van der Waals surface area contributed by atoms with E-state index in [1.807, 2.05) is 29.6 Å². The van der Waals surface area contributed by atoms with Crippen LogP contribution in [0.3, 0.4) is 0 Å². The van der Waals surface area contributed by atoms with Crippen molar-refractivity contribution in [2.45, 2.75) is 13.3 Å². The Kier molecular flexibility index (Phi) is 5.15. The number of para-hydroxylation sites is 1. The zero-order valence-corrected chi connectivity index (χ0v) is 13.3. The summed E-state index contributed by atoms with van der Waals surface area (Å²) in [4.78, 5) is 15.7. The van der Waals surface area contributed by atoms with Gasteiger partial charge in [-0.3, -0.25) is 4.79 Å². The lowest BCUT2D eigenvalue weighted by molar-refractivity contribution is -0.142. The molecule has 0 aliphatic heterocycles. The monoisotopic (exact) mass is 388 g/mol. The van der Waals surface area contributed by atoms with Gasteiger partial charge in [0.2, 0.25) is 0 Å². The normalized spacial score (nSPS) is 10.2. The Hall–Kier alpha value is -1.15. The zero-order chi connectivity index (χ0) is 13.7. The fraction of sp³-hybridized carbons (Fsp3) is 0.231. The van der Waals surface area contributed by atoms with E-state index in [2.05, 4.69) is 32.9 Å². The number of halogens is 1. The Labute approximate surface area is 129 Å². The molecule has 0 aliphatic rings. The lowest BCUT2D eigenvalue weighted by Crippen LogP contribution is -2.07. The Balaban J connectivity index is 2.02. The van der Waals surface area contributed by atoms with Crippen LogP contribution in [0.2, 0.25) is 0 Å². The summed E-state index contributed by atoms with van der Waals surface area (Å²) < 4.78 is 6.02. The van der Waals surface area contributed by atoms with Gasteiger partial charge in [-0.1, -0.05) is 12.1 Å². The van der Waals surface area contributed by atoms with E-state index in [4.69, 9.17) is 4.74 Å². The molecular formula is C13H13IN2O2S. The molecule has 1 N–H and O–H groups in total. The number of anilines is 2. The third kappa shape index (κ3) is 4.17. The molecule has 100 valence electrons. The van der Waals surface area contributed by atoms with Crippen LogP contribution in [-0.4, -0.2) is 17.6 Å². The standard InChI is InChI=1S/C13H13IN2O2S/c1-2-18-12(17)7-9-8-19-13(15-9)16-11-6-4-3-5-10(11)14/h3-6,8H,2,7H2,1H3,(H,15,16). The highest BCUT2D eigenvalue weighted by molar-refractivity contribution is 14.1. The summed E-state index contributed by atoms with van der Waals surface area (Å²) in [6.07, 6.45) is 0.220. The number of thiazole rings is 1. The first kappa shape index (κ1) is 14.3. The molecule has 2 aromatic rings. The third-order valence-corrected chi connectivity index (χ3v) is 4.05. The molecular weight excluding hydrogens is 375 g/mol. The number of carbonyl (C=O) groups is 1. The van der Waals surface area contributed by atoms with Crippen molar-refractivity contribution in [3.8, 4) is 0 Å². The van der Waals surface area contributed by atoms with Crippen LogP contribution in [0.25, 0.3) is 0 Å². The van der Waals surface area contributed by atoms with Crippen molar-refractivity contribution in [3.05, 3.63) is 38.9 Å². The van der Waals surface area contributed by atoms with Gasteiger partial charge in [0.25, 0.3) is 0 Å². The molecule has 4 nitrogen and oxygen atoms in total. The van der Waals surface area contributed by atoms with E-state index >= 15 is 0 Å². The molecule has 0 amide bonds. The van der Waals surface area contributed by atoms with Gasteiger partial charge in [-0.15, -0.1) is 11.3 Å². The molecule has 0 saturated heterocycles. The fourth-order valence-electron chi connectivity index (χ4n) is 1.48. The minimum absolute atomic E-state index is 0.220. The molecule has 0 radical (unpaired) electrons. The maximum Gasteiger partial charge on any atom is 0.311 e. The molecule has 0 saturated carbocycles. The number of hydrogen-bond acceptors (Lipinski definition) is 5. The summed E-state index contributed by atoms with van der Waals surface area (Å²) in [5.41, 5.74) is 1.75. The van der Waals surface area contributed by atoms with Crippen molar-refractivity contribution < 1.29 is 9.53 Å². The Bertz CT molecular complexity index is 571. The highest BCUT2D eigenvalue weighted by Crippen LogP contribution is 2.24. The Morgan fingerprint density at radius 3 is 3.00 bits per heavy atom. The van der Waals surface area contributed by atoms with Gasteiger partial charge >= 0.3 is 5.97 Å². The van der Waals surface area contributed by atoms with Gasteiger partial charge in [0.15, 0.2) is 5.13 Å². The maximum absolute atomic E-state index is 11.4. The molecule has 1 aromatic carbocycles. The summed E-state index contributed by atoms with van der Waals surface area (Å²) in [6, 6.07) is 7.98. The van der Waals surface area contributed by atoms with Crippen LogP contribution in [0.5, 0.6) is 0 Å². The van der Waals surface area contributed by atoms with Crippen molar-refractivity contribution in [1.29, 1.82) is 0 Å². The quantitative estimate of drug-likeness (QED) is 0.628. The number of nitrogens with one attached hydrogen (secondary N) is 1. The highest BCUT2D eigenvalue weighted by atomic mass is 127. The topological polar surface area (TPSA) is 51.2 Å². The van der Waals surface area contributed by atoms with E-state index in [9.17, 15) is 4.79 Å². The lowest BCUT2D eigenvalue weighted by atomic mass is 10.3. The van der Waals surface area contributed by atoms with Crippen LogP contribution < -0.4 is 5.32 Å². The number of nitrogens with zero attached hydrogens (tertiary/aromatic N) is 1. The van der Waals surface area contributed by atoms with E-state index in [-0.39, 0.29) is 12.4 Å². The van der Waals surface area contributed by atoms with Gasteiger partial charge < -0.3 is 10.1 Å². The zero-order valence-electron chi connectivity index (χ0n) is 10.4. The second-order valence-electron chi connectivity index (χ2n) is 3.73. The van der Waals surface area contributed by atoms with Gasteiger partial charge in [0.1, 0.15) is 0 Å². The Morgan fingerprint density at radius 1 is 1.47 bits per heavy atom. The SMILES string of the molecule is CCOC(=O)Cc1csc(Nc2ccccc2I)n1. The number of ether oxygens (including phenoxy) is 1. The number of aromatic nitrogens is 1. The van der Waals surface area contributed by atoms with E-state index in [0.717, 1.165) is 20.1 Å². The molecule has 0 fully saturated rings. The molecule has 0 spiro atoms. The first-order valence-corrected chi connectivity index (χ1v) is 7.76. The van der Waals surface area contributed by atoms with Crippen molar-refractivity contribution in [1.82, 2.24) is 4.98 Å². The van der Waals surface area contributed by atoms with Crippen LogP contribution in [0.1, 0.15) is 12.6 Å². The average molecular weight is 388 g/mol. The third-order valence-electron chi connectivity index (χ3n) is 2.30. The summed E-state index contributed by atoms with van der Waals surface area (Å²) in [7, 11) is 0. The predicted molar refractivity (Wildman–Crippen MR) is 84.9 cm³/mol. The number of esters is 1. The second-order valence-corrected chi connectivity index (χ2v) is 5.75. The molecule has 19 heavy (non-hydrogen) atoms. The molecule has 0 bridgehead atoms. The van der Waals surface area contributed by atoms with Gasteiger partial charge in [-0.2, -0.15) is 0 Å². The second kappa shape index (κ2) is 6.85. The van der Waals surface area contributed by atoms with Gasteiger partial charge in [0, 0.05) is 8.95 Å². The van der Waals surface area contributed by atoms with E-state index in [0.29, 0.717) is 6.61 Å². The average Bonchev–Trinajstić information content (AvgIpc) is 2.80. The van der Waals surface area contributed by atoms with Gasteiger partial charge in [0.05, 0.1) is 24.4 Å². The Morgan fingerprint density at radius 2 is 2.26 bits per heavy atom. The first-order valence-electron chi connectivity index (χ1n) is 5.80. The van der Waals surface area contributed by atoms with Crippen molar-refractivity contribution >= 4 is 50.7 Å². The van der Waals surface area contributed by atoms with E-state index in [1.54, 1.807) is 6.92 Å². The van der Waals surface area contributed by atoms with Gasteiger partial charge in [-0.25, -0.2) is 4.98 Å². The van der Waals surface area contributed by atoms with Crippen LogP contribution in [0, 0.1) is 3.57 Å². The lowest BCUT2D eigenvalue weighted by Gasteiger charge is -2.04. The van der Waals surface area contributed by atoms with Crippen molar-refractivity contribution in [2.24, 2.45) is 0 Å². The fourth-order valence-corrected chi connectivity index (χ4v) is 2.73. The van der Waals surface area contributed by atoms with Crippen molar-refractivity contribution in [2.75, 3.05) is 11.9 Å². The van der Waals surface area contributed by atoms with Crippen LogP contribution in [0.15, 0.2) is 29.6 Å². The van der Waals surface area contributed by atoms with Crippen LogP contribution in [-0.2, 0) is 16.0 Å². The summed E-state index contributed by atoms with van der Waals surface area (Å²) in [5.74, 6) is -0.242. The van der Waals surface area contributed by atoms with Crippen LogP contribution in [0.4, 0.5) is 10.8 Å². The van der Waals surface area contributed by atoms with Crippen molar-refractivity contribution in [3.63, 3.8) is 0 Å². The van der Waals surface area contributed by atoms with Gasteiger partial charge in [-0.05, 0) is 41.6 Å². The predicted octanol–water partition coefficient (Wildman–Crippen LogP) is 3.60. The molecule has 0 aliphatic carbocycles. The van der Waals surface area contributed by atoms with Crippen LogP contribution >= 0.6 is 33.9 Å². The first-order chi connectivity index (χ1) is 9.19. The number of rotatable bonds is 5. The van der Waals surface area contributed by atoms with E-state index < -0.39 is 0 Å². The number of carbonyl (C=O) groups excluding carboxylic acids is 1. The molecule has 0 unspecified atom stereocenters. The molecule has 1 aromatic heterocycles. The minimum Gasteiger partial charge on any atom is -0.466 e. The minimum atomic E-state index is -0.242. The number of hydrogen-bond donors (Lipinski definition) is 1. The molecule has 0 atom stereocenters. The highest BCUT2D eigenvalue weighted by Gasteiger charge is 2.09. The van der Waals surface area contributed by atoms with E-state index in [1.165, 1.54) is 11.3 Å². The summed E-state index contributed by atoms with van der Waals surface area (Å²) >= 11 is 3.74. The largest absolute Gasteiger partial charge is 0.466 e.